The van der Waals surface area contributed by atoms with Gasteiger partial charge in [-0.3, -0.25) is 4.79 Å². The van der Waals surface area contributed by atoms with E-state index in [0.29, 0.717) is 5.76 Å². The molecule has 0 radical (unpaired) electrons. The second-order valence-corrected chi connectivity index (χ2v) is 5.18. The predicted molar refractivity (Wildman–Crippen MR) is 73.9 cm³/mol. The first-order valence-electron chi connectivity index (χ1n) is 6.79. The molecule has 1 aliphatic rings. The Hall–Kier alpha value is -1.81. The summed E-state index contributed by atoms with van der Waals surface area (Å²) in [5.41, 5.74) is 6.77. The van der Waals surface area contributed by atoms with Crippen LogP contribution < -0.4 is 11.1 Å². The van der Waals surface area contributed by atoms with Crippen molar-refractivity contribution >= 4 is 16.9 Å². The van der Waals surface area contributed by atoms with E-state index in [1.165, 1.54) is 0 Å². The Bertz CT molecular complexity index is 558. The Labute approximate surface area is 112 Å². The van der Waals surface area contributed by atoms with Crippen LogP contribution in [0.3, 0.4) is 0 Å². The molecule has 0 bridgehead atoms. The first-order valence-corrected chi connectivity index (χ1v) is 6.79. The standard InChI is InChI=1S/C15H18N2O2/c16-11-6-2-3-7-12(11)17-15(18)14-9-10-5-1-4-8-13(10)19-14/h1,4-5,8-9,11-12H,2-3,6-7,16H2,(H,17,18). The molecule has 0 aliphatic heterocycles. The minimum atomic E-state index is -0.168. The van der Waals surface area contributed by atoms with Gasteiger partial charge >= 0.3 is 0 Å². The van der Waals surface area contributed by atoms with E-state index in [4.69, 9.17) is 10.2 Å². The molecule has 0 saturated heterocycles. The Morgan fingerprint density at radius 3 is 2.84 bits per heavy atom. The predicted octanol–water partition coefficient (Wildman–Crippen LogP) is 2.43. The number of rotatable bonds is 2. The van der Waals surface area contributed by atoms with Crippen LogP contribution in [0.15, 0.2) is 34.7 Å². The summed E-state index contributed by atoms with van der Waals surface area (Å²) in [6.07, 6.45) is 4.20. The van der Waals surface area contributed by atoms with Crippen LogP contribution in [0.5, 0.6) is 0 Å². The van der Waals surface area contributed by atoms with Crippen molar-refractivity contribution in [2.45, 2.75) is 37.8 Å². The topological polar surface area (TPSA) is 68.3 Å². The lowest BCUT2D eigenvalue weighted by molar-refractivity contribution is 0.0895. The molecule has 4 nitrogen and oxygen atoms in total. The van der Waals surface area contributed by atoms with Crippen LogP contribution in [0.2, 0.25) is 0 Å². The number of amides is 1. The quantitative estimate of drug-likeness (QED) is 0.869. The number of fused-ring (bicyclic) bond motifs is 1. The molecule has 1 fully saturated rings. The average Bonchev–Trinajstić information content (AvgIpc) is 2.85. The van der Waals surface area contributed by atoms with Gasteiger partial charge in [-0.25, -0.2) is 0 Å². The highest BCUT2D eigenvalue weighted by Crippen LogP contribution is 2.20. The third kappa shape index (κ3) is 2.49. The normalized spacial score (nSPS) is 23.4. The second kappa shape index (κ2) is 5.05. The summed E-state index contributed by atoms with van der Waals surface area (Å²) >= 11 is 0. The largest absolute Gasteiger partial charge is 0.451 e. The van der Waals surface area contributed by atoms with Gasteiger partial charge in [-0.15, -0.1) is 0 Å². The number of benzene rings is 1. The van der Waals surface area contributed by atoms with E-state index in [0.717, 1.165) is 36.7 Å². The maximum Gasteiger partial charge on any atom is 0.287 e. The third-order valence-electron chi connectivity index (χ3n) is 3.79. The fourth-order valence-electron chi connectivity index (χ4n) is 2.67. The Kier molecular flexibility index (Phi) is 3.25. The van der Waals surface area contributed by atoms with Crippen LogP contribution in [0.25, 0.3) is 11.0 Å². The average molecular weight is 258 g/mol. The number of carbonyl (C=O) groups is 1. The highest BCUT2D eigenvalue weighted by molar-refractivity contribution is 5.96. The van der Waals surface area contributed by atoms with Gasteiger partial charge in [0.05, 0.1) is 0 Å². The Morgan fingerprint density at radius 1 is 1.26 bits per heavy atom. The zero-order valence-corrected chi connectivity index (χ0v) is 10.8. The van der Waals surface area contributed by atoms with E-state index in [9.17, 15) is 4.79 Å². The molecule has 19 heavy (non-hydrogen) atoms. The number of furan rings is 1. The van der Waals surface area contributed by atoms with Crippen molar-refractivity contribution in [1.29, 1.82) is 0 Å². The lowest BCUT2D eigenvalue weighted by Crippen LogP contribution is -2.49. The first-order chi connectivity index (χ1) is 9.24. The van der Waals surface area contributed by atoms with Crippen LogP contribution in [0.1, 0.15) is 36.2 Å². The smallest absolute Gasteiger partial charge is 0.287 e. The van der Waals surface area contributed by atoms with Crippen LogP contribution in [0, 0.1) is 0 Å². The second-order valence-electron chi connectivity index (χ2n) is 5.18. The van der Waals surface area contributed by atoms with E-state index in [1.807, 2.05) is 24.3 Å². The van der Waals surface area contributed by atoms with Crippen LogP contribution in [-0.2, 0) is 0 Å². The maximum absolute atomic E-state index is 12.2. The molecular formula is C15H18N2O2. The monoisotopic (exact) mass is 258 g/mol. The van der Waals surface area contributed by atoms with Gasteiger partial charge in [-0.05, 0) is 25.0 Å². The molecule has 1 saturated carbocycles. The molecule has 1 aromatic carbocycles. The molecule has 0 spiro atoms. The van der Waals surface area contributed by atoms with Crippen molar-refractivity contribution in [3.63, 3.8) is 0 Å². The number of nitrogens with two attached hydrogens (primary N) is 1. The molecule has 2 unspecified atom stereocenters. The molecule has 1 aliphatic carbocycles. The van der Waals surface area contributed by atoms with E-state index < -0.39 is 0 Å². The van der Waals surface area contributed by atoms with Crippen molar-refractivity contribution in [3.8, 4) is 0 Å². The third-order valence-corrected chi connectivity index (χ3v) is 3.79. The van der Waals surface area contributed by atoms with Crippen LogP contribution >= 0.6 is 0 Å². The van der Waals surface area contributed by atoms with Crippen LogP contribution in [0.4, 0.5) is 0 Å². The van der Waals surface area contributed by atoms with Crippen molar-refractivity contribution in [2.24, 2.45) is 5.73 Å². The van der Waals surface area contributed by atoms with Crippen molar-refractivity contribution in [1.82, 2.24) is 5.32 Å². The van der Waals surface area contributed by atoms with Gasteiger partial charge in [-0.2, -0.15) is 0 Å². The molecule has 1 aromatic heterocycles. The Balaban J connectivity index is 1.76. The summed E-state index contributed by atoms with van der Waals surface area (Å²) in [5.74, 6) is 0.192. The lowest BCUT2D eigenvalue weighted by Gasteiger charge is -2.28. The van der Waals surface area contributed by atoms with Crippen molar-refractivity contribution in [3.05, 3.63) is 36.1 Å². The summed E-state index contributed by atoms with van der Waals surface area (Å²) in [5, 5.41) is 3.93. The highest BCUT2D eigenvalue weighted by atomic mass is 16.3. The van der Waals surface area contributed by atoms with E-state index in [-0.39, 0.29) is 18.0 Å². The summed E-state index contributed by atoms with van der Waals surface area (Å²) in [6.45, 7) is 0. The molecular weight excluding hydrogens is 240 g/mol. The summed E-state index contributed by atoms with van der Waals surface area (Å²) in [7, 11) is 0. The van der Waals surface area contributed by atoms with E-state index >= 15 is 0 Å². The summed E-state index contributed by atoms with van der Waals surface area (Å²) < 4.78 is 5.55. The highest BCUT2D eigenvalue weighted by Gasteiger charge is 2.24. The van der Waals surface area contributed by atoms with Crippen LogP contribution in [-0.4, -0.2) is 18.0 Å². The fourth-order valence-corrected chi connectivity index (χ4v) is 2.67. The zero-order valence-electron chi connectivity index (χ0n) is 10.8. The maximum atomic E-state index is 12.2. The van der Waals surface area contributed by atoms with Gasteiger partial charge in [0.1, 0.15) is 5.58 Å². The molecule has 1 amide bonds. The van der Waals surface area contributed by atoms with E-state index in [1.54, 1.807) is 6.07 Å². The minimum absolute atomic E-state index is 0.0575. The van der Waals surface area contributed by atoms with Gasteiger partial charge < -0.3 is 15.5 Å². The number of hydrogen-bond acceptors (Lipinski definition) is 3. The number of hydrogen-bond donors (Lipinski definition) is 2. The summed E-state index contributed by atoms with van der Waals surface area (Å²) in [4.78, 5) is 12.2. The molecule has 2 aromatic rings. The number of para-hydroxylation sites is 1. The lowest BCUT2D eigenvalue weighted by atomic mass is 9.91. The number of nitrogens with one attached hydrogen (secondary N) is 1. The van der Waals surface area contributed by atoms with E-state index in [2.05, 4.69) is 5.32 Å². The molecule has 1 heterocycles. The van der Waals surface area contributed by atoms with Gasteiger partial charge in [-0.1, -0.05) is 31.0 Å². The molecule has 3 N–H and O–H groups in total. The van der Waals surface area contributed by atoms with Crippen molar-refractivity contribution < 1.29 is 9.21 Å². The van der Waals surface area contributed by atoms with Gasteiger partial charge in [0, 0.05) is 17.5 Å². The molecule has 3 rings (SSSR count). The molecule has 2 atom stereocenters. The van der Waals surface area contributed by atoms with Crippen molar-refractivity contribution in [2.75, 3.05) is 0 Å². The van der Waals surface area contributed by atoms with Gasteiger partial charge in [0.2, 0.25) is 0 Å². The Morgan fingerprint density at radius 2 is 2.05 bits per heavy atom. The SMILES string of the molecule is NC1CCCCC1NC(=O)c1cc2ccccc2o1. The van der Waals surface area contributed by atoms with Gasteiger partial charge in [0.15, 0.2) is 5.76 Å². The minimum Gasteiger partial charge on any atom is -0.451 e. The summed E-state index contributed by atoms with van der Waals surface area (Å²) in [6, 6.07) is 9.51. The number of carbonyl (C=O) groups excluding carboxylic acids is 1. The van der Waals surface area contributed by atoms with Gasteiger partial charge in [0.25, 0.3) is 5.91 Å². The fraction of sp³-hybridized carbons (Fsp3) is 0.400. The first kappa shape index (κ1) is 12.2. The zero-order chi connectivity index (χ0) is 13.2. The molecule has 100 valence electrons. The molecule has 4 heteroatoms.